The number of hydrogen-bond donors (Lipinski definition) is 0. The zero-order valence-corrected chi connectivity index (χ0v) is 16.8. The van der Waals surface area contributed by atoms with Gasteiger partial charge in [0.15, 0.2) is 0 Å². The third kappa shape index (κ3) is 5.03. The number of pyridine rings is 1. The van der Waals surface area contributed by atoms with E-state index < -0.39 is 0 Å². The molecule has 1 aliphatic rings. The normalized spacial score (nSPS) is 15.9. The summed E-state index contributed by atoms with van der Waals surface area (Å²) >= 11 is 0. The average Bonchev–Trinajstić information content (AvgIpc) is 3.25. The molecule has 4 rings (SSSR count). The van der Waals surface area contributed by atoms with Crippen molar-refractivity contribution in [2.24, 2.45) is 0 Å². The van der Waals surface area contributed by atoms with Crippen LogP contribution in [0.2, 0.25) is 0 Å². The minimum absolute atomic E-state index is 0.0123. The van der Waals surface area contributed by atoms with E-state index in [-0.39, 0.29) is 17.8 Å². The molecule has 0 spiro atoms. The number of para-hydroxylation sites is 1. The van der Waals surface area contributed by atoms with Crippen molar-refractivity contribution in [1.29, 1.82) is 0 Å². The fourth-order valence-electron chi connectivity index (χ4n) is 3.93. The van der Waals surface area contributed by atoms with Crippen LogP contribution >= 0.6 is 0 Å². The predicted molar refractivity (Wildman–Crippen MR) is 114 cm³/mol. The highest BCUT2D eigenvalue weighted by atomic mass is 19.1. The maximum Gasteiger partial charge on any atom is 0.226 e. The van der Waals surface area contributed by atoms with Crippen molar-refractivity contribution in [1.82, 2.24) is 9.88 Å². The molecule has 4 nitrogen and oxygen atoms in total. The first-order chi connectivity index (χ1) is 14.7. The van der Waals surface area contributed by atoms with Crippen molar-refractivity contribution >= 4 is 5.91 Å². The smallest absolute Gasteiger partial charge is 0.226 e. The molecular weight excluding hydrogens is 379 g/mol. The van der Waals surface area contributed by atoms with Crippen LogP contribution < -0.4 is 4.74 Å². The molecule has 0 N–H and O–H groups in total. The summed E-state index contributed by atoms with van der Waals surface area (Å²) in [6.07, 6.45) is 2.78. The van der Waals surface area contributed by atoms with Gasteiger partial charge in [0.05, 0.1) is 24.8 Å². The number of ether oxygens (including phenoxy) is 1. The Bertz CT molecular complexity index is 993. The van der Waals surface area contributed by atoms with Gasteiger partial charge in [-0.2, -0.15) is 0 Å². The Balaban J connectivity index is 1.39. The summed E-state index contributed by atoms with van der Waals surface area (Å²) in [4.78, 5) is 19.5. The SMILES string of the molecule is O=C(CCOc1ccccc1)N1CCC[C@@H]1c1cccc(Cc2cccc(F)c2)n1. The highest BCUT2D eigenvalue weighted by molar-refractivity contribution is 5.77. The van der Waals surface area contributed by atoms with Crippen LogP contribution in [0, 0.1) is 5.82 Å². The Labute approximate surface area is 176 Å². The van der Waals surface area contributed by atoms with E-state index in [1.165, 1.54) is 12.1 Å². The van der Waals surface area contributed by atoms with Crippen LogP contribution in [0.4, 0.5) is 4.39 Å². The fraction of sp³-hybridized carbons (Fsp3) is 0.280. The lowest BCUT2D eigenvalue weighted by atomic mass is 10.1. The average molecular weight is 404 g/mol. The molecule has 1 atom stereocenters. The minimum atomic E-state index is -0.242. The number of carbonyl (C=O) groups is 1. The minimum Gasteiger partial charge on any atom is -0.493 e. The van der Waals surface area contributed by atoms with Gasteiger partial charge < -0.3 is 9.64 Å². The van der Waals surface area contributed by atoms with Gasteiger partial charge >= 0.3 is 0 Å². The second-order valence-corrected chi connectivity index (χ2v) is 7.52. The second-order valence-electron chi connectivity index (χ2n) is 7.52. The highest BCUT2D eigenvalue weighted by Gasteiger charge is 2.30. The van der Waals surface area contributed by atoms with E-state index in [2.05, 4.69) is 0 Å². The molecule has 30 heavy (non-hydrogen) atoms. The largest absolute Gasteiger partial charge is 0.493 e. The predicted octanol–water partition coefficient (Wildman–Crippen LogP) is 4.94. The second kappa shape index (κ2) is 9.53. The van der Waals surface area contributed by atoms with Gasteiger partial charge in [-0.1, -0.05) is 36.4 Å². The summed E-state index contributed by atoms with van der Waals surface area (Å²) < 4.78 is 19.1. The Kier molecular flexibility index (Phi) is 6.38. The van der Waals surface area contributed by atoms with Crippen molar-refractivity contribution in [2.75, 3.05) is 13.2 Å². The molecular formula is C25H25FN2O2. The molecule has 0 radical (unpaired) electrons. The monoisotopic (exact) mass is 404 g/mol. The summed E-state index contributed by atoms with van der Waals surface area (Å²) in [5, 5.41) is 0. The van der Waals surface area contributed by atoms with Gasteiger partial charge in [0.1, 0.15) is 11.6 Å². The van der Waals surface area contributed by atoms with Crippen molar-refractivity contribution in [2.45, 2.75) is 31.7 Å². The number of benzene rings is 2. The first-order valence-electron chi connectivity index (χ1n) is 10.4. The van der Waals surface area contributed by atoms with Crippen LogP contribution in [0.25, 0.3) is 0 Å². The van der Waals surface area contributed by atoms with Crippen molar-refractivity contribution in [3.8, 4) is 5.75 Å². The van der Waals surface area contributed by atoms with Crippen molar-refractivity contribution in [3.05, 3.63) is 95.6 Å². The topological polar surface area (TPSA) is 42.4 Å². The summed E-state index contributed by atoms with van der Waals surface area (Å²) in [5.74, 6) is 0.620. The molecule has 1 amide bonds. The quantitative estimate of drug-likeness (QED) is 0.560. The van der Waals surface area contributed by atoms with Gasteiger partial charge in [-0.3, -0.25) is 9.78 Å². The molecule has 1 aliphatic heterocycles. The van der Waals surface area contributed by atoms with E-state index in [4.69, 9.17) is 9.72 Å². The number of nitrogens with zero attached hydrogens (tertiary/aromatic N) is 2. The maximum absolute atomic E-state index is 13.5. The Morgan fingerprint density at radius 3 is 2.73 bits per heavy atom. The number of likely N-dealkylation sites (tertiary alicyclic amines) is 1. The number of rotatable bonds is 7. The molecule has 0 unspecified atom stereocenters. The Hall–Kier alpha value is -3.21. The molecule has 1 aromatic heterocycles. The number of amides is 1. The maximum atomic E-state index is 13.5. The van der Waals surface area contributed by atoms with E-state index in [9.17, 15) is 9.18 Å². The van der Waals surface area contributed by atoms with E-state index in [1.807, 2.05) is 59.5 Å². The van der Waals surface area contributed by atoms with Gasteiger partial charge in [0.2, 0.25) is 5.91 Å². The van der Waals surface area contributed by atoms with Crippen LogP contribution in [0.5, 0.6) is 5.75 Å². The standard InChI is InChI=1S/C25H25FN2O2/c26-20-8-4-7-19(17-20)18-21-9-5-12-23(27-21)24-13-6-15-28(24)25(29)14-16-30-22-10-2-1-3-11-22/h1-5,7-12,17,24H,6,13-16,18H2/t24-/m1/s1. The van der Waals surface area contributed by atoms with Gasteiger partial charge in [-0.25, -0.2) is 4.39 Å². The highest BCUT2D eigenvalue weighted by Crippen LogP contribution is 2.31. The van der Waals surface area contributed by atoms with Gasteiger partial charge in [0, 0.05) is 18.7 Å². The van der Waals surface area contributed by atoms with Crippen molar-refractivity contribution in [3.63, 3.8) is 0 Å². The first-order valence-corrected chi connectivity index (χ1v) is 10.4. The van der Waals surface area contributed by atoms with Crippen LogP contribution in [0.15, 0.2) is 72.8 Å². The van der Waals surface area contributed by atoms with E-state index in [0.717, 1.165) is 42.1 Å². The molecule has 5 heteroatoms. The van der Waals surface area contributed by atoms with Crippen LogP contribution in [-0.4, -0.2) is 28.9 Å². The van der Waals surface area contributed by atoms with Crippen LogP contribution in [0.3, 0.4) is 0 Å². The molecule has 1 saturated heterocycles. The summed E-state index contributed by atoms with van der Waals surface area (Å²) in [6.45, 7) is 1.10. The Morgan fingerprint density at radius 2 is 1.90 bits per heavy atom. The molecule has 154 valence electrons. The van der Waals surface area contributed by atoms with E-state index >= 15 is 0 Å². The molecule has 1 fully saturated rings. The van der Waals surface area contributed by atoms with Crippen LogP contribution in [0.1, 0.15) is 42.3 Å². The number of aromatic nitrogens is 1. The molecule has 2 heterocycles. The lowest BCUT2D eigenvalue weighted by Crippen LogP contribution is -2.32. The molecule has 3 aromatic rings. The number of halogens is 1. The van der Waals surface area contributed by atoms with Crippen LogP contribution in [-0.2, 0) is 11.2 Å². The summed E-state index contributed by atoms with van der Waals surface area (Å²) in [6, 6.07) is 22.0. The van der Waals surface area contributed by atoms with Gasteiger partial charge in [0.25, 0.3) is 0 Å². The third-order valence-electron chi connectivity index (χ3n) is 5.34. The Morgan fingerprint density at radius 1 is 1.07 bits per heavy atom. The number of carbonyl (C=O) groups excluding carboxylic acids is 1. The van der Waals surface area contributed by atoms with E-state index in [1.54, 1.807) is 6.07 Å². The molecule has 0 bridgehead atoms. The molecule has 0 saturated carbocycles. The lowest BCUT2D eigenvalue weighted by Gasteiger charge is -2.25. The fourth-order valence-corrected chi connectivity index (χ4v) is 3.93. The molecule has 0 aliphatic carbocycles. The summed E-state index contributed by atoms with van der Waals surface area (Å²) in [5.41, 5.74) is 2.67. The first kappa shape index (κ1) is 20.1. The third-order valence-corrected chi connectivity index (χ3v) is 5.34. The lowest BCUT2D eigenvalue weighted by molar-refractivity contribution is -0.132. The van der Waals surface area contributed by atoms with Gasteiger partial charge in [-0.05, 0) is 54.8 Å². The van der Waals surface area contributed by atoms with E-state index in [0.29, 0.717) is 19.4 Å². The zero-order valence-electron chi connectivity index (χ0n) is 16.8. The zero-order chi connectivity index (χ0) is 20.8. The van der Waals surface area contributed by atoms with Gasteiger partial charge in [-0.15, -0.1) is 0 Å². The van der Waals surface area contributed by atoms with Crippen molar-refractivity contribution < 1.29 is 13.9 Å². The molecule has 2 aromatic carbocycles. The number of hydrogen-bond acceptors (Lipinski definition) is 3. The summed E-state index contributed by atoms with van der Waals surface area (Å²) in [7, 11) is 0.